The number of fused-ring (bicyclic) bond motifs is 2. The number of anilines is 3. The second kappa shape index (κ2) is 7.25. The molecule has 1 aromatic heterocycles. The normalized spacial score (nSPS) is 17.2. The van der Waals surface area contributed by atoms with Crippen molar-refractivity contribution in [1.29, 1.82) is 0 Å². The average Bonchev–Trinajstić information content (AvgIpc) is 3.26. The number of rotatable bonds is 2. The summed E-state index contributed by atoms with van der Waals surface area (Å²) < 4.78 is 3.07. The standard InChI is InChI=1S/C21H14N2OS3Se/c1-22-20(24)18(27-21(22)25)12-13-10-11-19(28-13)23-14-6-2-4-8-16(14)26-17-9-5-3-7-15(17)23/h2-12H,1H3/b18-12+. The molecule has 2 aliphatic heterocycles. The molecule has 5 rings (SSSR count). The Balaban J connectivity index is 1.57. The topological polar surface area (TPSA) is 23.6 Å². The van der Waals surface area contributed by atoms with Gasteiger partial charge in [0, 0.05) is 0 Å². The Hall–Kier alpha value is -1.76. The van der Waals surface area contributed by atoms with Crippen molar-refractivity contribution in [3.05, 3.63) is 70.0 Å². The number of carbonyl (C=O) groups excluding carboxylic acids is 1. The first kappa shape index (κ1) is 18.3. The number of amides is 1. The number of likely N-dealkylation sites (N-methyl/N-ethyl adjacent to an activating group) is 1. The number of nitrogens with zero attached hydrogens (tertiary/aromatic N) is 2. The Kier molecular flexibility index (Phi) is 4.73. The first-order valence-electron chi connectivity index (χ1n) is 8.59. The van der Waals surface area contributed by atoms with Crippen molar-refractivity contribution in [2.45, 2.75) is 9.79 Å². The van der Waals surface area contributed by atoms with Crippen LogP contribution in [0.25, 0.3) is 6.08 Å². The van der Waals surface area contributed by atoms with Crippen molar-refractivity contribution in [2.75, 3.05) is 11.9 Å². The Labute approximate surface area is 183 Å². The van der Waals surface area contributed by atoms with Crippen molar-refractivity contribution < 1.29 is 4.79 Å². The van der Waals surface area contributed by atoms with Gasteiger partial charge >= 0.3 is 184 Å². The summed E-state index contributed by atoms with van der Waals surface area (Å²) in [6.07, 6.45) is 2.00. The molecule has 7 heteroatoms. The van der Waals surface area contributed by atoms with Gasteiger partial charge in [0.05, 0.1) is 0 Å². The van der Waals surface area contributed by atoms with Crippen molar-refractivity contribution in [2.24, 2.45) is 0 Å². The molecule has 0 saturated carbocycles. The molecule has 0 unspecified atom stereocenters. The molecule has 138 valence electrons. The summed E-state index contributed by atoms with van der Waals surface area (Å²) >= 11 is 8.54. The van der Waals surface area contributed by atoms with E-state index in [4.69, 9.17) is 12.2 Å². The van der Waals surface area contributed by atoms with Crippen LogP contribution in [0, 0.1) is 0 Å². The van der Waals surface area contributed by atoms with Crippen LogP contribution in [-0.2, 0) is 4.79 Å². The van der Waals surface area contributed by atoms with E-state index >= 15 is 0 Å². The number of thioether (sulfide) groups is 1. The van der Waals surface area contributed by atoms with Gasteiger partial charge in [0.2, 0.25) is 0 Å². The molecule has 0 radical (unpaired) electrons. The van der Waals surface area contributed by atoms with E-state index in [1.54, 1.807) is 7.05 Å². The minimum absolute atomic E-state index is 0.00906. The SMILES string of the molecule is CN1C(=O)/C(=C\c2ccc(N3c4ccccc4Sc4ccccc43)[se]2)SC1=S. The molecular formula is C21H14N2OS3Se. The van der Waals surface area contributed by atoms with Gasteiger partial charge in [-0.1, -0.05) is 0 Å². The molecule has 1 fully saturated rings. The second-order valence-corrected chi connectivity index (χ2v) is 11.3. The molecule has 3 heterocycles. The second-order valence-electron chi connectivity index (χ2n) is 6.29. The molecule has 1 amide bonds. The molecular weight excluding hydrogens is 471 g/mol. The average molecular weight is 486 g/mol. The van der Waals surface area contributed by atoms with Gasteiger partial charge in [-0.3, -0.25) is 0 Å². The van der Waals surface area contributed by atoms with Gasteiger partial charge in [0.15, 0.2) is 0 Å². The van der Waals surface area contributed by atoms with Gasteiger partial charge in [-0.15, -0.1) is 0 Å². The zero-order valence-corrected chi connectivity index (χ0v) is 18.9. The fourth-order valence-corrected chi connectivity index (χ4v) is 7.61. The molecule has 3 aromatic rings. The van der Waals surface area contributed by atoms with Gasteiger partial charge in [0.25, 0.3) is 0 Å². The van der Waals surface area contributed by atoms with Crippen LogP contribution in [0.2, 0.25) is 0 Å². The summed E-state index contributed by atoms with van der Waals surface area (Å²) in [7, 11) is 1.73. The summed E-state index contributed by atoms with van der Waals surface area (Å²) in [6.45, 7) is 0. The maximum atomic E-state index is 12.3. The third-order valence-corrected chi connectivity index (χ3v) is 9.27. The number of benzene rings is 2. The minimum atomic E-state index is -0.00906. The molecule has 0 spiro atoms. The zero-order chi connectivity index (χ0) is 19.3. The number of hydrogen-bond donors (Lipinski definition) is 0. The molecule has 0 atom stereocenters. The fraction of sp³-hybridized carbons (Fsp3) is 0.0476. The van der Waals surface area contributed by atoms with Crippen molar-refractivity contribution in [1.82, 2.24) is 4.90 Å². The van der Waals surface area contributed by atoms with Crippen LogP contribution >= 0.6 is 35.7 Å². The maximum absolute atomic E-state index is 12.3. The summed E-state index contributed by atoms with van der Waals surface area (Å²) in [6, 6.07) is 21.4. The molecule has 3 nitrogen and oxygen atoms in total. The Bertz CT molecular complexity index is 1110. The van der Waals surface area contributed by atoms with Gasteiger partial charge in [-0.05, 0) is 0 Å². The van der Waals surface area contributed by atoms with Gasteiger partial charge in [-0.2, -0.15) is 0 Å². The van der Waals surface area contributed by atoms with Crippen LogP contribution in [0.5, 0.6) is 0 Å². The Morgan fingerprint density at radius 2 is 1.57 bits per heavy atom. The first-order valence-corrected chi connectivity index (χ1v) is 12.3. The first-order chi connectivity index (χ1) is 13.6. The molecule has 1 saturated heterocycles. The molecule has 28 heavy (non-hydrogen) atoms. The molecule has 0 bridgehead atoms. The predicted octanol–water partition coefficient (Wildman–Crippen LogP) is 5.51. The quantitative estimate of drug-likeness (QED) is 0.212. The third kappa shape index (κ3) is 3.08. The zero-order valence-electron chi connectivity index (χ0n) is 14.8. The van der Waals surface area contributed by atoms with E-state index in [-0.39, 0.29) is 20.4 Å². The summed E-state index contributed by atoms with van der Waals surface area (Å²) in [4.78, 5) is 19.5. The van der Waals surface area contributed by atoms with Crippen LogP contribution in [-0.4, -0.2) is 36.7 Å². The summed E-state index contributed by atoms with van der Waals surface area (Å²) in [5, 5.41) is 0. The molecule has 0 N–H and O–H groups in total. The summed E-state index contributed by atoms with van der Waals surface area (Å²) in [5.74, 6) is -0.00906. The van der Waals surface area contributed by atoms with Crippen molar-refractivity contribution >= 4 is 82.5 Å². The number of carbonyl (C=O) groups is 1. The van der Waals surface area contributed by atoms with Crippen LogP contribution in [0.3, 0.4) is 0 Å². The van der Waals surface area contributed by atoms with Crippen molar-refractivity contribution in [3.63, 3.8) is 0 Å². The third-order valence-electron chi connectivity index (χ3n) is 4.53. The van der Waals surface area contributed by atoms with E-state index in [0.717, 1.165) is 0 Å². The predicted molar refractivity (Wildman–Crippen MR) is 123 cm³/mol. The van der Waals surface area contributed by atoms with Gasteiger partial charge in [-0.25, -0.2) is 0 Å². The van der Waals surface area contributed by atoms with Crippen LogP contribution < -0.4 is 4.90 Å². The van der Waals surface area contributed by atoms with E-state index in [1.165, 1.54) is 46.8 Å². The molecule has 2 aliphatic rings. The monoisotopic (exact) mass is 486 g/mol. The van der Waals surface area contributed by atoms with E-state index < -0.39 is 0 Å². The van der Waals surface area contributed by atoms with E-state index in [1.807, 2.05) is 17.8 Å². The van der Waals surface area contributed by atoms with Crippen LogP contribution in [0.4, 0.5) is 15.9 Å². The van der Waals surface area contributed by atoms with Crippen LogP contribution in [0.15, 0.2) is 75.4 Å². The molecule has 0 aliphatic carbocycles. The number of thiocarbonyl (C=S) groups is 1. The van der Waals surface area contributed by atoms with E-state index in [9.17, 15) is 4.79 Å². The van der Waals surface area contributed by atoms with Gasteiger partial charge < -0.3 is 0 Å². The Morgan fingerprint density at radius 3 is 2.18 bits per heavy atom. The van der Waals surface area contributed by atoms with Gasteiger partial charge in [0.1, 0.15) is 0 Å². The van der Waals surface area contributed by atoms with Crippen molar-refractivity contribution in [3.8, 4) is 0 Å². The van der Waals surface area contributed by atoms with E-state index in [2.05, 4.69) is 65.6 Å². The van der Waals surface area contributed by atoms with Crippen LogP contribution in [0.1, 0.15) is 4.44 Å². The number of para-hydroxylation sites is 2. The van der Waals surface area contributed by atoms with E-state index in [0.29, 0.717) is 9.23 Å². The summed E-state index contributed by atoms with van der Waals surface area (Å²) in [5.41, 5.74) is 2.43. The fourth-order valence-electron chi connectivity index (χ4n) is 3.16. The Morgan fingerprint density at radius 1 is 0.929 bits per heavy atom. The molecule has 2 aromatic carbocycles. The number of hydrogen-bond acceptors (Lipinski definition) is 5.